The number of halogens is 3. The van der Waals surface area contributed by atoms with E-state index in [9.17, 15) is 13.2 Å². The molecule has 92 valence electrons. The summed E-state index contributed by atoms with van der Waals surface area (Å²) in [5.41, 5.74) is 0.217. The molecule has 0 bridgehead atoms. The normalized spacial score (nSPS) is 13.2. The van der Waals surface area contributed by atoms with Crippen molar-refractivity contribution in [3.05, 3.63) is 34.9 Å². The summed E-state index contributed by atoms with van der Waals surface area (Å²) in [6.07, 6.45) is -3.74. The number of benzene rings is 1. The highest BCUT2D eigenvalue weighted by molar-refractivity contribution is 5.37. The molecule has 0 aliphatic carbocycles. The Labute approximate surface area is 98.9 Å². The van der Waals surface area contributed by atoms with Crippen molar-refractivity contribution in [1.82, 2.24) is 0 Å². The van der Waals surface area contributed by atoms with Crippen molar-refractivity contribution >= 4 is 0 Å². The largest absolute Gasteiger partial charge is 0.416 e. The Hall–Kier alpha value is -1.50. The molecule has 17 heavy (non-hydrogen) atoms. The van der Waals surface area contributed by atoms with Gasteiger partial charge in [-0.15, -0.1) is 0 Å². The lowest BCUT2D eigenvalue weighted by molar-refractivity contribution is -0.138. The molecular formula is C13H14F3N. The number of rotatable bonds is 3. The van der Waals surface area contributed by atoms with Gasteiger partial charge >= 0.3 is 6.18 Å². The van der Waals surface area contributed by atoms with Crippen LogP contribution >= 0.6 is 0 Å². The van der Waals surface area contributed by atoms with Gasteiger partial charge in [-0.25, -0.2) is 0 Å². The lowest BCUT2D eigenvalue weighted by Crippen LogP contribution is -2.10. The minimum Gasteiger partial charge on any atom is -0.198 e. The smallest absolute Gasteiger partial charge is 0.198 e. The van der Waals surface area contributed by atoms with E-state index < -0.39 is 11.7 Å². The number of hydrogen-bond acceptors (Lipinski definition) is 1. The van der Waals surface area contributed by atoms with Crippen molar-refractivity contribution in [3.63, 3.8) is 0 Å². The van der Waals surface area contributed by atoms with Crippen molar-refractivity contribution in [2.24, 2.45) is 0 Å². The van der Waals surface area contributed by atoms with E-state index in [4.69, 9.17) is 5.26 Å². The molecule has 0 heterocycles. The summed E-state index contributed by atoms with van der Waals surface area (Å²) in [6.45, 7) is 3.94. The summed E-state index contributed by atoms with van der Waals surface area (Å²) in [6, 6.07) is 5.86. The Morgan fingerprint density at radius 3 is 2.47 bits per heavy atom. The van der Waals surface area contributed by atoms with Crippen molar-refractivity contribution in [1.29, 1.82) is 5.26 Å². The first kappa shape index (κ1) is 13.6. The van der Waals surface area contributed by atoms with E-state index in [2.05, 4.69) is 0 Å². The van der Waals surface area contributed by atoms with Crippen molar-refractivity contribution in [2.45, 2.75) is 38.8 Å². The minimum absolute atomic E-state index is 0.0674. The maximum absolute atomic E-state index is 12.7. The van der Waals surface area contributed by atoms with E-state index >= 15 is 0 Å². The maximum Gasteiger partial charge on any atom is 0.416 e. The van der Waals surface area contributed by atoms with E-state index in [-0.39, 0.29) is 17.9 Å². The van der Waals surface area contributed by atoms with Crippen LogP contribution in [0.1, 0.15) is 42.9 Å². The molecule has 0 fully saturated rings. The molecule has 0 amide bonds. The average molecular weight is 241 g/mol. The molecule has 1 atom stereocenters. The van der Waals surface area contributed by atoms with Gasteiger partial charge in [0.15, 0.2) is 0 Å². The quantitative estimate of drug-likeness (QED) is 0.774. The molecule has 1 aromatic rings. The van der Waals surface area contributed by atoms with Gasteiger partial charge in [-0.2, -0.15) is 18.4 Å². The van der Waals surface area contributed by atoms with Crippen molar-refractivity contribution < 1.29 is 13.2 Å². The van der Waals surface area contributed by atoms with Gasteiger partial charge in [-0.3, -0.25) is 0 Å². The van der Waals surface area contributed by atoms with Crippen LogP contribution in [0.2, 0.25) is 0 Å². The predicted molar refractivity (Wildman–Crippen MR) is 59.5 cm³/mol. The molecular weight excluding hydrogens is 227 g/mol. The monoisotopic (exact) mass is 241 g/mol. The number of nitriles is 1. The molecule has 1 rings (SSSR count). The highest BCUT2D eigenvalue weighted by Gasteiger charge is 2.33. The third-order valence-corrected chi connectivity index (χ3v) is 2.89. The second-order valence-electron chi connectivity index (χ2n) is 4.06. The summed E-state index contributed by atoms with van der Waals surface area (Å²) >= 11 is 0. The van der Waals surface area contributed by atoms with Gasteiger partial charge in [0.25, 0.3) is 0 Å². The third kappa shape index (κ3) is 3.23. The molecule has 1 aromatic carbocycles. The zero-order chi connectivity index (χ0) is 13.1. The first-order valence-corrected chi connectivity index (χ1v) is 5.47. The molecule has 0 saturated heterocycles. The lowest BCUT2D eigenvalue weighted by Gasteiger charge is -2.15. The molecule has 4 heteroatoms. The highest BCUT2D eigenvalue weighted by Crippen LogP contribution is 2.34. The predicted octanol–water partition coefficient (Wildman–Crippen LogP) is 4.28. The van der Waals surface area contributed by atoms with E-state index in [1.165, 1.54) is 12.1 Å². The van der Waals surface area contributed by atoms with Gasteiger partial charge in [0.05, 0.1) is 18.1 Å². The zero-order valence-corrected chi connectivity index (χ0v) is 9.80. The SMILES string of the molecule is CCC(C)c1ccc(C(F)(F)F)c(CC#N)c1. The summed E-state index contributed by atoms with van der Waals surface area (Å²) in [5.74, 6) is 0.203. The van der Waals surface area contributed by atoms with Crippen LogP contribution in [0.4, 0.5) is 13.2 Å². The molecule has 1 nitrogen and oxygen atoms in total. The van der Waals surface area contributed by atoms with Crippen LogP contribution in [0.5, 0.6) is 0 Å². The molecule has 0 saturated carbocycles. The Bertz CT molecular complexity index is 429. The molecule has 0 N–H and O–H groups in total. The van der Waals surface area contributed by atoms with Gasteiger partial charge in [-0.1, -0.05) is 26.0 Å². The fraction of sp³-hybridized carbons (Fsp3) is 0.462. The van der Waals surface area contributed by atoms with Crippen molar-refractivity contribution in [2.75, 3.05) is 0 Å². The van der Waals surface area contributed by atoms with E-state index in [0.29, 0.717) is 0 Å². The maximum atomic E-state index is 12.7. The first-order chi connectivity index (χ1) is 7.90. The Balaban J connectivity index is 3.23. The first-order valence-electron chi connectivity index (χ1n) is 5.47. The number of alkyl halides is 3. The molecule has 1 unspecified atom stereocenters. The molecule has 0 aromatic heterocycles. The van der Waals surface area contributed by atoms with Crippen LogP contribution in [0.25, 0.3) is 0 Å². The van der Waals surface area contributed by atoms with E-state index in [1.54, 1.807) is 6.07 Å². The number of hydrogen-bond donors (Lipinski definition) is 0. The molecule has 0 aliphatic rings. The lowest BCUT2D eigenvalue weighted by atomic mass is 9.93. The Morgan fingerprint density at radius 1 is 1.35 bits per heavy atom. The number of nitrogens with zero attached hydrogens (tertiary/aromatic N) is 1. The van der Waals surface area contributed by atoms with Crippen molar-refractivity contribution in [3.8, 4) is 6.07 Å². The van der Waals surface area contributed by atoms with E-state index in [1.807, 2.05) is 13.8 Å². The second-order valence-corrected chi connectivity index (χ2v) is 4.06. The van der Waals surface area contributed by atoms with Crippen LogP contribution in [-0.2, 0) is 12.6 Å². The minimum atomic E-state index is -4.39. The van der Waals surface area contributed by atoms with Gasteiger partial charge in [-0.05, 0) is 29.5 Å². The Morgan fingerprint density at radius 2 is 2.00 bits per heavy atom. The molecule has 0 radical (unpaired) electrons. The summed E-state index contributed by atoms with van der Waals surface area (Å²) < 4.78 is 38.0. The highest BCUT2D eigenvalue weighted by atomic mass is 19.4. The summed E-state index contributed by atoms with van der Waals surface area (Å²) in [7, 11) is 0. The van der Waals surface area contributed by atoms with E-state index in [0.717, 1.165) is 18.1 Å². The van der Waals surface area contributed by atoms with Gasteiger partial charge in [0, 0.05) is 0 Å². The Kier molecular flexibility index (Phi) is 4.17. The van der Waals surface area contributed by atoms with Crippen LogP contribution in [-0.4, -0.2) is 0 Å². The summed E-state index contributed by atoms with van der Waals surface area (Å²) in [4.78, 5) is 0. The fourth-order valence-electron chi connectivity index (χ4n) is 1.66. The second kappa shape index (κ2) is 5.22. The van der Waals surface area contributed by atoms with Crippen LogP contribution in [0, 0.1) is 11.3 Å². The standard InChI is InChI=1S/C13H14F3N/c1-3-9(2)10-4-5-12(13(14,15)16)11(8-10)6-7-17/h4-5,8-9H,3,6H2,1-2H3. The topological polar surface area (TPSA) is 23.8 Å². The van der Waals surface area contributed by atoms with Gasteiger partial charge in [0.2, 0.25) is 0 Å². The van der Waals surface area contributed by atoms with Crippen LogP contribution < -0.4 is 0 Å². The zero-order valence-electron chi connectivity index (χ0n) is 9.80. The summed E-state index contributed by atoms with van der Waals surface area (Å²) in [5, 5.41) is 8.58. The third-order valence-electron chi connectivity index (χ3n) is 2.89. The van der Waals surface area contributed by atoms with Crippen LogP contribution in [0.3, 0.4) is 0 Å². The molecule has 0 spiro atoms. The van der Waals surface area contributed by atoms with Gasteiger partial charge < -0.3 is 0 Å². The van der Waals surface area contributed by atoms with Gasteiger partial charge in [0.1, 0.15) is 0 Å². The average Bonchev–Trinajstić information content (AvgIpc) is 2.27. The molecule has 0 aliphatic heterocycles. The van der Waals surface area contributed by atoms with Crippen LogP contribution in [0.15, 0.2) is 18.2 Å². The fourth-order valence-corrected chi connectivity index (χ4v) is 1.66.